The summed E-state index contributed by atoms with van der Waals surface area (Å²) in [7, 11) is 0. The molecule has 0 bridgehead atoms. The molecule has 0 spiro atoms. The minimum Gasteiger partial charge on any atom is -0.126 e. The highest BCUT2D eigenvalue weighted by atomic mass is 35.5. The van der Waals surface area contributed by atoms with Crippen molar-refractivity contribution in [2.75, 3.05) is 5.88 Å². The second-order valence-electron chi connectivity index (χ2n) is 3.01. The summed E-state index contributed by atoms with van der Waals surface area (Å²) in [5.74, 6) is 0.733. The van der Waals surface area contributed by atoms with Gasteiger partial charge in [0.15, 0.2) is 0 Å². The van der Waals surface area contributed by atoms with Crippen LogP contribution in [0.15, 0.2) is 23.3 Å². The standard InChI is InChI=1S/C10H17Cl/c1-9(2)5-4-6-10(3)7-8-11/h5-6H,4,7-8H2,1-3H3/b10-6-. The Labute approximate surface area is 74.9 Å². The molecule has 0 fully saturated rings. The number of hydrogen-bond donors (Lipinski definition) is 0. The van der Waals surface area contributed by atoms with Gasteiger partial charge in [-0.2, -0.15) is 0 Å². The highest BCUT2D eigenvalue weighted by Crippen LogP contribution is 2.04. The van der Waals surface area contributed by atoms with Crippen molar-refractivity contribution in [2.24, 2.45) is 0 Å². The first-order valence-corrected chi connectivity index (χ1v) is 4.55. The molecule has 0 radical (unpaired) electrons. The lowest BCUT2D eigenvalue weighted by atomic mass is 10.2. The molecular formula is C10H17Cl. The molecule has 0 atom stereocenters. The second kappa shape index (κ2) is 6.48. The Morgan fingerprint density at radius 1 is 1.18 bits per heavy atom. The zero-order valence-electron chi connectivity index (χ0n) is 7.65. The summed E-state index contributed by atoms with van der Waals surface area (Å²) in [5.41, 5.74) is 2.76. The van der Waals surface area contributed by atoms with Crippen LogP contribution >= 0.6 is 11.6 Å². The Kier molecular flexibility index (Phi) is 6.34. The topological polar surface area (TPSA) is 0 Å². The minimum absolute atomic E-state index is 0.733. The van der Waals surface area contributed by atoms with Gasteiger partial charge in [-0.1, -0.05) is 23.3 Å². The number of rotatable bonds is 4. The minimum atomic E-state index is 0.733. The monoisotopic (exact) mass is 172 g/mol. The molecule has 11 heavy (non-hydrogen) atoms. The van der Waals surface area contributed by atoms with Gasteiger partial charge in [-0.15, -0.1) is 11.6 Å². The molecule has 0 heterocycles. The molecule has 0 aliphatic carbocycles. The van der Waals surface area contributed by atoms with Gasteiger partial charge in [-0.3, -0.25) is 0 Å². The maximum Gasteiger partial charge on any atom is 0.0260 e. The Balaban J connectivity index is 3.64. The van der Waals surface area contributed by atoms with Crippen molar-refractivity contribution >= 4 is 11.6 Å². The van der Waals surface area contributed by atoms with Crippen LogP contribution in [0.5, 0.6) is 0 Å². The largest absolute Gasteiger partial charge is 0.126 e. The lowest BCUT2D eigenvalue weighted by molar-refractivity contribution is 1.08. The Bertz CT molecular complexity index is 150. The van der Waals surface area contributed by atoms with Crippen LogP contribution in [0.1, 0.15) is 33.6 Å². The van der Waals surface area contributed by atoms with Crippen LogP contribution < -0.4 is 0 Å². The third-order valence-corrected chi connectivity index (χ3v) is 1.67. The number of allylic oxidation sites excluding steroid dienone is 4. The molecule has 0 saturated heterocycles. The predicted molar refractivity (Wildman–Crippen MR) is 53.1 cm³/mol. The molecule has 64 valence electrons. The van der Waals surface area contributed by atoms with Crippen molar-refractivity contribution in [2.45, 2.75) is 33.6 Å². The maximum atomic E-state index is 5.58. The van der Waals surface area contributed by atoms with E-state index in [1.165, 1.54) is 11.1 Å². The average Bonchev–Trinajstić information content (AvgIpc) is 1.87. The second-order valence-corrected chi connectivity index (χ2v) is 3.38. The summed E-state index contributed by atoms with van der Waals surface area (Å²) in [5, 5.41) is 0. The molecule has 0 aromatic rings. The molecule has 0 saturated carbocycles. The highest BCUT2D eigenvalue weighted by Gasteiger charge is 1.85. The van der Waals surface area contributed by atoms with Gasteiger partial charge >= 0.3 is 0 Å². The Morgan fingerprint density at radius 2 is 1.82 bits per heavy atom. The van der Waals surface area contributed by atoms with Gasteiger partial charge in [0.05, 0.1) is 0 Å². The molecule has 0 aromatic heterocycles. The molecule has 0 aliphatic heterocycles. The predicted octanol–water partition coefficient (Wildman–Crippen LogP) is 3.92. The van der Waals surface area contributed by atoms with Gasteiger partial charge in [0.25, 0.3) is 0 Å². The van der Waals surface area contributed by atoms with Crippen LogP contribution in [-0.4, -0.2) is 5.88 Å². The summed E-state index contributed by atoms with van der Waals surface area (Å²) in [6.45, 7) is 6.36. The Morgan fingerprint density at radius 3 is 2.27 bits per heavy atom. The number of halogens is 1. The van der Waals surface area contributed by atoms with E-state index in [1.807, 2.05) is 0 Å². The molecule has 0 amide bonds. The molecule has 0 N–H and O–H groups in total. The summed E-state index contributed by atoms with van der Waals surface area (Å²) in [6.07, 6.45) is 6.51. The van der Waals surface area contributed by atoms with E-state index in [-0.39, 0.29) is 0 Å². The zero-order valence-corrected chi connectivity index (χ0v) is 8.41. The van der Waals surface area contributed by atoms with E-state index in [1.54, 1.807) is 0 Å². The lowest BCUT2D eigenvalue weighted by Crippen LogP contribution is -1.77. The van der Waals surface area contributed by atoms with Crippen molar-refractivity contribution in [3.63, 3.8) is 0 Å². The van der Waals surface area contributed by atoms with Gasteiger partial charge in [-0.25, -0.2) is 0 Å². The van der Waals surface area contributed by atoms with Crippen LogP contribution in [0.4, 0.5) is 0 Å². The smallest absolute Gasteiger partial charge is 0.0260 e. The van der Waals surface area contributed by atoms with Gasteiger partial charge < -0.3 is 0 Å². The first kappa shape index (κ1) is 10.8. The van der Waals surface area contributed by atoms with Crippen molar-refractivity contribution in [3.05, 3.63) is 23.3 Å². The van der Waals surface area contributed by atoms with Crippen molar-refractivity contribution in [3.8, 4) is 0 Å². The van der Waals surface area contributed by atoms with E-state index in [0.29, 0.717) is 0 Å². The molecule has 0 aromatic carbocycles. The fourth-order valence-corrected chi connectivity index (χ4v) is 1.05. The third kappa shape index (κ3) is 7.67. The van der Waals surface area contributed by atoms with Crippen LogP contribution in [-0.2, 0) is 0 Å². The number of hydrogen-bond acceptors (Lipinski definition) is 0. The Hall–Kier alpha value is -0.230. The first-order chi connectivity index (χ1) is 5.16. The molecular weight excluding hydrogens is 156 g/mol. The van der Waals surface area contributed by atoms with E-state index in [4.69, 9.17) is 11.6 Å². The quantitative estimate of drug-likeness (QED) is 0.446. The van der Waals surface area contributed by atoms with Crippen LogP contribution in [0, 0.1) is 0 Å². The van der Waals surface area contributed by atoms with Gasteiger partial charge in [-0.05, 0) is 33.6 Å². The summed E-state index contributed by atoms with van der Waals surface area (Å²) < 4.78 is 0. The van der Waals surface area contributed by atoms with Gasteiger partial charge in [0.1, 0.15) is 0 Å². The first-order valence-electron chi connectivity index (χ1n) is 4.01. The van der Waals surface area contributed by atoms with Crippen molar-refractivity contribution in [1.29, 1.82) is 0 Å². The van der Waals surface area contributed by atoms with Crippen LogP contribution in [0.3, 0.4) is 0 Å². The summed E-state index contributed by atoms with van der Waals surface area (Å²) >= 11 is 5.58. The fourth-order valence-electron chi connectivity index (χ4n) is 0.747. The van der Waals surface area contributed by atoms with Crippen molar-refractivity contribution < 1.29 is 0 Å². The zero-order chi connectivity index (χ0) is 8.69. The van der Waals surface area contributed by atoms with Crippen LogP contribution in [0.25, 0.3) is 0 Å². The summed E-state index contributed by atoms with van der Waals surface area (Å²) in [4.78, 5) is 0. The van der Waals surface area contributed by atoms with E-state index in [2.05, 4.69) is 32.9 Å². The van der Waals surface area contributed by atoms with E-state index >= 15 is 0 Å². The average molecular weight is 173 g/mol. The third-order valence-electron chi connectivity index (χ3n) is 1.48. The van der Waals surface area contributed by atoms with Gasteiger partial charge in [0.2, 0.25) is 0 Å². The SMILES string of the molecule is CC(C)=CC/C=C(/C)CCCl. The number of alkyl halides is 1. The highest BCUT2D eigenvalue weighted by molar-refractivity contribution is 6.17. The van der Waals surface area contributed by atoms with E-state index in [0.717, 1.165) is 18.7 Å². The fraction of sp³-hybridized carbons (Fsp3) is 0.600. The molecule has 1 heteroatoms. The van der Waals surface area contributed by atoms with E-state index in [9.17, 15) is 0 Å². The maximum absolute atomic E-state index is 5.58. The summed E-state index contributed by atoms with van der Waals surface area (Å²) in [6, 6.07) is 0. The molecule has 0 unspecified atom stereocenters. The lowest BCUT2D eigenvalue weighted by Gasteiger charge is -1.94. The van der Waals surface area contributed by atoms with Crippen molar-refractivity contribution in [1.82, 2.24) is 0 Å². The normalized spacial score (nSPS) is 11.5. The van der Waals surface area contributed by atoms with E-state index < -0.39 is 0 Å². The molecule has 0 aliphatic rings. The van der Waals surface area contributed by atoms with Gasteiger partial charge in [0, 0.05) is 5.88 Å². The van der Waals surface area contributed by atoms with Crippen LogP contribution in [0.2, 0.25) is 0 Å². The molecule has 0 rings (SSSR count). The molecule has 0 nitrogen and oxygen atoms in total.